The summed E-state index contributed by atoms with van der Waals surface area (Å²) in [6, 6.07) is 16.3. The number of nitrogens with zero attached hydrogens (tertiary/aromatic N) is 1. The average Bonchev–Trinajstić information content (AvgIpc) is 3.06. The molecule has 4 nitrogen and oxygen atoms in total. The molecule has 1 saturated heterocycles. The van der Waals surface area contributed by atoms with Crippen molar-refractivity contribution in [2.24, 2.45) is 0 Å². The number of carbonyl (C=O) groups is 1. The second-order valence-electron chi connectivity index (χ2n) is 6.68. The zero-order chi connectivity index (χ0) is 17.1. The van der Waals surface area contributed by atoms with Crippen molar-refractivity contribution in [3.63, 3.8) is 0 Å². The number of para-hydroxylation sites is 1. The van der Waals surface area contributed by atoms with E-state index in [1.165, 1.54) is 24.9 Å². The van der Waals surface area contributed by atoms with E-state index in [0.717, 1.165) is 35.2 Å². The maximum atomic E-state index is 12.4. The highest BCUT2D eigenvalue weighted by molar-refractivity contribution is 5.95. The van der Waals surface area contributed by atoms with Gasteiger partial charge in [-0.25, -0.2) is 0 Å². The van der Waals surface area contributed by atoms with Gasteiger partial charge in [0.15, 0.2) is 0 Å². The van der Waals surface area contributed by atoms with Crippen LogP contribution in [0, 0.1) is 0 Å². The van der Waals surface area contributed by atoms with Gasteiger partial charge >= 0.3 is 0 Å². The lowest BCUT2D eigenvalue weighted by Crippen LogP contribution is -2.29. The first-order chi connectivity index (χ1) is 12.3. The summed E-state index contributed by atoms with van der Waals surface area (Å²) in [4.78, 5) is 18.0. The molecular formula is C21H23N3O. The lowest BCUT2D eigenvalue weighted by Gasteiger charge is -2.28. The van der Waals surface area contributed by atoms with E-state index < -0.39 is 0 Å². The highest BCUT2D eigenvalue weighted by Crippen LogP contribution is 2.22. The zero-order valence-corrected chi connectivity index (χ0v) is 14.3. The van der Waals surface area contributed by atoms with Gasteiger partial charge in [-0.3, -0.25) is 4.79 Å². The van der Waals surface area contributed by atoms with Crippen LogP contribution in [-0.2, 0) is 11.2 Å². The Labute approximate surface area is 147 Å². The molecule has 1 aromatic heterocycles. The van der Waals surface area contributed by atoms with E-state index >= 15 is 0 Å². The van der Waals surface area contributed by atoms with Crippen LogP contribution in [0.4, 0.5) is 11.4 Å². The van der Waals surface area contributed by atoms with Crippen molar-refractivity contribution >= 4 is 28.2 Å². The minimum Gasteiger partial charge on any atom is -0.372 e. The lowest BCUT2D eigenvalue weighted by molar-refractivity contribution is -0.115. The Hall–Kier alpha value is -2.75. The van der Waals surface area contributed by atoms with Crippen LogP contribution in [0.15, 0.2) is 54.7 Å². The minimum absolute atomic E-state index is 0.00970. The topological polar surface area (TPSA) is 48.1 Å². The van der Waals surface area contributed by atoms with E-state index in [-0.39, 0.29) is 5.91 Å². The van der Waals surface area contributed by atoms with E-state index in [2.05, 4.69) is 27.3 Å². The van der Waals surface area contributed by atoms with Crippen LogP contribution >= 0.6 is 0 Å². The van der Waals surface area contributed by atoms with Gasteiger partial charge in [0, 0.05) is 41.6 Å². The summed E-state index contributed by atoms with van der Waals surface area (Å²) in [7, 11) is 0. The molecule has 0 spiro atoms. The van der Waals surface area contributed by atoms with Crippen LogP contribution in [0.1, 0.15) is 24.8 Å². The second-order valence-corrected chi connectivity index (χ2v) is 6.68. The number of anilines is 2. The van der Waals surface area contributed by atoms with Crippen molar-refractivity contribution in [2.75, 3.05) is 23.3 Å². The highest BCUT2D eigenvalue weighted by atomic mass is 16.1. The molecular weight excluding hydrogens is 310 g/mol. The monoisotopic (exact) mass is 333 g/mol. The van der Waals surface area contributed by atoms with Crippen molar-refractivity contribution < 1.29 is 4.79 Å². The Bertz CT molecular complexity index is 860. The molecule has 0 aliphatic carbocycles. The molecule has 0 bridgehead atoms. The quantitative estimate of drug-likeness (QED) is 0.746. The van der Waals surface area contributed by atoms with Crippen molar-refractivity contribution in [2.45, 2.75) is 25.7 Å². The third-order valence-corrected chi connectivity index (χ3v) is 4.90. The number of hydrogen-bond acceptors (Lipinski definition) is 2. The fourth-order valence-corrected chi connectivity index (χ4v) is 3.56. The summed E-state index contributed by atoms with van der Waals surface area (Å²) in [6.45, 7) is 2.26. The van der Waals surface area contributed by atoms with Gasteiger partial charge in [0.25, 0.3) is 0 Å². The van der Waals surface area contributed by atoms with Crippen LogP contribution in [0.2, 0.25) is 0 Å². The molecule has 3 aromatic rings. The predicted molar refractivity (Wildman–Crippen MR) is 103 cm³/mol. The molecule has 4 heteroatoms. The summed E-state index contributed by atoms with van der Waals surface area (Å²) >= 11 is 0. The Kier molecular flexibility index (Phi) is 4.42. The van der Waals surface area contributed by atoms with E-state index in [4.69, 9.17) is 0 Å². The maximum Gasteiger partial charge on any atom is 0.228 e. The molecule has 128 valence electrons. The molecule has 0 radical (unpaired) electrons. The van der Waals surface area contributed by atoms with Crippen molar-refractivity contribution in [1.82, 2.24) is 4.98 Å². The normalized spacial score (nSPS) is 14.6. The van der Waals surface area contributed by atoms with Gasteiger partial charge in [0.2, 0.25) is 5.91 Å². The van der Waals surface area contributed by atoms with Crippen LogP contribution in [0.25, 0.3) is 10.9 Å². The van der Waals surface area contributed by atoms with E-state index in [9.17, 15) is 4.79 Å². The van der Waals surface area contributed by atoms with Crippen molar-refractivity contribution in [1.29, 1.82) is 0 Å². The first-order valence-corrected chi connectivity index (χ1v) is 8.99. The van der Waals surface area contributed by atoms with E-state index in [0.29, 0.717) is 6.42 Å². The fourth-order valence-electron chi connectivity index (χ4n) is 3.56. The molecule has 2 aromatic carbocycles. The molecule has 2 N–H and O–H groups in total. The number of carbonyl (C=O) groups excluding carboxylic acids is 1. The third-order valence-electron chi connectivity index (χ3n) is 4.90. The predicted octanol–water partition coefficient (Wildman–Crippen LogP) is 4.34. The molecule has 4 rings (SSSR count). The number of aromatic amines is 1. The van der Waals surface area contributed by atoms with Gasteiger partial charge in [-0.2, -0.15) is 0 Å². The Balaban J connectivity index is 1.40. The lowest BCUT2D eigenvalue weighted by atomic mass is 10.1. The highest BCUT2D eigenvalue weighted by Gasteiger charge is 2.12. The van der Waals surface area contributed by atoms with Gasteiger partial charge in [-0.05, 0) is 55.2 Å². The number of aromatic nitrogens is 1. The van der Waals surface area contributed by atoms with Gasteiger partial charge < -0.3 is 15.2 Å². The first-order valence-electron chi connectivity index (χ1n) is 8.99. The van der Waals surface area contributed by atoms with E-state index in [1.54, 1.807) is 0 Å². The molecule has 1 fully saturated rings. The molecule has 0 unspecified atom stereocenters. The van der Waals surface area contributed by atoms with Gasteiger partial charge in [-0.15, -0.1) is 0 Å². The Morgan fingerprint density at radius 1 is 1.00 bits per heavy atom. The molecule has 1 aliphatic heterocycles. The number of benzene rings is 2. The fraction of sp³-hybridized carbons (Fsp3) is 0.286. The Morgan fingerprint density at radius 2 is 1.76 bits per heavy atom. The Morgan fingerprint density at radius 3 is 2.56 bits per heavy atom. The molecule has 2 heterocycles. The summed E-state index contributed by atoms with van der Waals surface area (Å²) in [5.74, 6) is 0.00970. The van der Waals surface area contributed by atoms with Gasteiger partial charge in [0.05, 0.1) is 6.42 Å². The summed E-state index contributed by atoms with van der Waals surface area (Å²) in [6.07, 6.45) is 6.16. The summed E-state index contributed by atoms with van der Waals surface area (Å²) in [5, 5.41) is 4.11. The number of fused-ring (bicyclic) bond motifs is 1. The summed E-state index contributed by atoms with van der Waals surface area (Å²) < 4.78 is 0. The number of nitrogens with one attached hydrogen (secondary N) is 2. The zero-order valence-electron chi connectivity index (χ0n) is 14.3. The molecule has 25 heavy (non-hydrogen) atoms. The number of rotatable bonds is 4. The SMILES string of the molecule is O=C(Cc1c[nH]c2ccccc12)Nc1ccc(N2CCCCC2)cc1. The molecule has 0 atom stereocenters. The largest absolute Gasteiger partial charge is 0.372 e. The molecule has 1 amide bonds. The molecule has 1 aliphatic rings. The van der Waals surface area contributed by atoms with Crippen molar-refractivity contribution in [3.8, 4) is 0 Å². The number of H-pyrrole nitrogens is 1. The number of piperidine rings is 1. The van der Waals surface area contributed by atoms with Gasteiger partial charge in [0.1, 0.15) is 0 Å². The smallest absolute Gasteiger partial charge is 0.228 e. The van der Waals surface area contributed by atoms with Crippen LogP contribution in [0.5, 0.6) is 0 Å². The molecule has 0 saturated carbocycles. The van der Waals surface area contributed by atoms with Crippen LogP contribution < -0.4 is 10.2 Å². The number of amides is 1. The third kappa shape index (κ3) is 3.53. The van der Waals surface area contributed by atoms with E-state index in [1.807, 2.05) is 42.6 Å². The van der Waals surface area contributed by atoms with Crippen molar-refractivity contribution in [3.05, 3.63) is 60.3 Å². The second kappa shape index (κ2) is 7.01. The van der Waals surface area contributed by atoms with Gasteiger partial charge in [-0.1, -0.05) is 18.2 Å². The summed E-state index contributed by atoms with van der Waals surface area (Å²) in [5.41, 5.74) is 4.19. The first kappa shape index (κ1) is 15.8. The maximum absolute atomic E-state index is 12.4. The minimum atomic E-state index is 0.00970. The average molecular weight is 333 g/mol. The van der Waals surface area contributed by atoms with Crippen LogP contribution in [-0.4, -0.2) is 24.0 Å². The standard InChI is InChI=1S/C21H23N3O/c25-21(14-16-15-22-20-7-3-2-6-19(16)20)23-17-8-10-18(11-9-17)24-12-4-1-5-13-24/h2-3,6-11,15,22H,1,4-5,12-14H2,(H,23,25). The number of hydrogen-bond donors (Lipinski definition) is 2. The van der Waals surface area contributed by atoms with Crippen LogP contribution in [0.3, 0.4) is 0 Å².